The molecular weight excluding hydrogens is 377 g/mol. The molecule has 1 N–H and O–H groups in total. The van der Waals surface area contributed by atoms with Crippen molar-refractivity contribution in [2.24, 2.45) is 0 Å². The molecule has 0 unspecified atom stereocenters. The summed E-state index contributed by atoms with van der Waals surface area (Å²) in [7, 11) is 0. The summed E-state index contributed by atoms with van der Waals surface area (Å²) in [6.07, 6.45) is 4.17. The minimum absolute atomic E-state index is 0.0907. The summed E-state index contributed by atoms with van der Waals surface area (Å²) >= 11 is 2.20. The number of aromatic nitrogens is 1. The Morgan fingerprint density at radius 1 is 1.19 bits per heavy atom. The van der Waals surface area contributed by atoms with Crippen LogP contribution in [-0.2, 0) is 0 Å². The molecule has 2 aromatic rings. The van der Waals surface area contributed by atoms with Crippen LogP contribution in [0.25, 0.3) is 0 Å². The summed E-state index contributed by atoms with van der Waals surface area (Å²) in [5.41, 5.74) is 1.46. The Morgan fingerprint density at radius 2 is 2.00 bits per heavy atom. The van der Waals surface area contributed by atoms with Gasteiger partial charge in [-0.2, -0.15) is 0 Å². The van der Waals surface area contributed by atoms with E-state index in [0.717, 1.165) is 28.2 Å². The van der Waals surface area contributed by atoms with E-state index in [1.807, 2.05) is 36.4 Å². The average molecular weight is 393 g/mol. The minimum atomic E-state index is -0.0907. The van der Waals surface area contributed by atoms with Gasteiger partial charge in [0.1, 0.15) is 5.82 Å². The van der Waals surface area contributed by atoms with Crippen molar-refractivity contribution in [2.45, 2.75) is 12.8 Å². The predicted molar refractivity (Wildman–Crippen MR) is 92.8 cm³/mol. The molecule has 21 heavy (non-hydrogen) atoms. The van der Waals surface area contributed by atoms with Crippen LogP contribution in [0.5, 0.6) is 0 Å². The number of hydrogen-bond donors (Lipinski definition) is 1. The second-order valence-electron chi connectivity index (χ2n) is 5.06. The number of hydrogen-bond acceptors (Lipinski definition) is 3. The first kappa shape index (κ1) is 14.3. The molecule has 1 aliphatic heterocycles. The lowest BCUT2D eigenvalue weighted by atomic mass is 10.2. The van der Waals surface area contributed by atoms with Crippen LogP contribution >= 0.6 is 22.6 Å². The highest BCUT2D eigenvalue weighted by molar-refractivity contribution is 14.1. The first-order valence-electron chi connectivity index (χ1n) is 7.00. The lowest BCUT2D eigenvalue weighted by Crippen LogP contribution is -2.19. The molecular formula is C16H16IN3O. The van der Waals surface area contributed by atoms with Crippen LogP contribution in [0.4, 0.5) is 11.5 Å². The Balaban J connectivity index is 1.75. The van der Waals surface area contributed by atoms with Crippen molar-refractivity contribution < 1.29 is 4.79 Å². The van der Waals surface area contributed by atoms with E-state index in [1.165, 1.54) is 12.8 Å². The molecule has 1 saturated heterocycles. The van der Waals surface area contributed by atoms with Crippen LogP contribution in [0.2, 0.25) is 0 Å². The maximum atomic E-state index is 12.3. The van der Waals surface area contributed by atoms with E-state index in [4.69, 9.17) is 0 Å². The number of carbonyl (C=O) groups is 1. The molecule has 0 bridgehead atoms. The summed E-state index contributed by atoms with van der Waals surface area (Å²) < 4.78 is 1.05. The fraction of sp³-hybridized carbons (Fsp3) is 0.250. The molecule has 0 spiro atoms. The second kappa shape index (κ2) is 6.43. The zero-order valence-electron chi connectivity index (χ0n) is 11.6. The lowest BCUT2D eigenvalue weighted by Gasteiger charge is -2.17. The first-order valence-corrected chi connectivity index (χ1v) is 8.08. The molecule has 0 saturated carbocycles. The van der Waals surface area contributed by atoms with Crippen LogP contribution in [0.1, 0.15) is 23.2 Å². The van der Waals surface area contributed by atoms with Crippen molar-refractivity contribution in [3.63, 3.8) is 0 Å². The predicted octanol–water partition coefficient (Wildman–Crippen LogP) is 3.54. The molecule has 1 fully saturated rings. The van der Waals surface area contributed by atoms with Gasteiger partial charge in [0.05, 0.1) is 0 Å². The first-order chi connectivity index (χ1) is 10.2. The Morgan fingerprint density at radius 3 is 2.76 bits per heavy atom. The minimum Gasteiger partial charge on any atom is -0.357 e. The third-order valence-corrected chi connectivity index (χ3v) is 4.19. The van der Waals surface area contributed by atoms with Gasteiger partial charge in [-0.15, -0.1) is 0 Å². The van der Waals surface area contributed by atoms with Crippen LogP contribution in [0, 0.1) is 3.57 Å². The molecule has 5 heteroatoms. The maximum Gasteiger partial charge on any atom is 0.255 e. The van der Waals surface area contributed by atoms with Gasteiger partial charge in [-0.1, -0.05) is 6.07 Å². The van der Waals surface area contributed by atoms with Crippen molar-refractivity contribution >= 4 is 40.0 Å². The van der Waals surface area contributed by atoms with Crippen molar-refractivity contribution in [1.82, 2.24) is 4.98 Å². The molecule has 1 aromatic heterocycles. The third kappa shape index (κ3) is 3.53. The number of amides is 1. The Kier molecular flexibility index (Phi) is 4.38. The van der Waals surface area contributed by atoms with E-state index in [2.05, 4.69) is 37.8 Å². The van der Waals surface area contributed by atoms with Gasteiger partial charge in [-0.3, -0.25) is 4.79 Å². The second-order valence-corrected chi connectivity index (χ2v) is 6.31. The van der Waals surface area contributed by atoms with Crippen LogP contribution in [0.3, 0.4) is 0 Å². The van der Waals surface area contributed by atoms with Gasteiger partial charge in [0.25, 0.3) is 5.91 Å². The highest BCUT2D eigenvalue weighted by Gasteiger charge is 2.14. The largest absolute Gasteiger partial charge is 0.357 e. The topological polar surface area (TPSA) is 45.2 Å². The maximum absolute atomic E-state index is 12.3. The van der Waals surface area contributed by atoms with Gasteiger partial charge in [-0.25, -0.2) is 4.98 Å². The molecule has 4 nitrogen and oxygen atoms in total. The summed E-state index contributed by atoms with van der Waals surface area (Å²) in [5.74, 6) is 0.847. The van der Waals surface area contributed by atoms with Crippen molar-refractivity contribution in [1.29, 1.82) is 0 Å². The molecule has 1 amide bonds. The summed E-state index contributed by atoms with van der Waals surface area (Å²) in [6.45, 7) is 2.09. The highest BCUT2D eigenvalue weighted by atomic mass is 127. The summed E-state index contributed by atoms with van der Waals surface area (Å²) in [5, 5.41) is 2.94. The van der Waals surface area contributed by atoms with E-state index in [1.54, 1.807) is 6.20 Å². The molecule has 1 aromatic carbocycles. The van der Waals surface area contributed by atoms with Gasteiger partial charge in [-0.05, 0) is 59.7 Å². The Hall–Kier alpha value is -1.63. The van der Waals surface area contributed by atoms with Crippen LogP contribution < -0.4 is 10.2 Å². The quantitative estimate of drug-likeness (QED) is 0.812. The molecule has 108 valence electrons. The summed E-state index contributed by atoms with van der Waals surface area (Å²) in [4.78, 5) is 18.9. The number of pyridine rings is 1. The summed E-state index contributed by atoms with van der Waals surface area (Å²) in [6, 6.07) is 11.3. The smallest absolute Gasteiger partial charge is 0.255 e. The van der Waals surface area contributed by atoms with E-state index in [-0.39, 0.29) is 5.91 Å². The molecule has 0 aliphatic carbocycles. The SMILES string of the molecule is O=C(Nc1ccnc(N2CCCC2)c1)c1cccc(I)c1. The lowest BCUT2D eigenvalue weighted by molar-refractivity contribution is 0.102. The number of rotatable bonds is 3. The van der Waals surface area contributed by atoms with Crippen molar-refractivity contribution in [3.05, 3.63) is 51.7 Å². The zero-order valence-corrected chi connectivity index (χ0v) is 13.7. The van der Waals surface area contributed by atoms with Gasteiger partial charge >= 0.3 is 0 Å². The van der Waals surface area contributed by atoms with E-state index >= 15 is 0 Å². The van der Waals surface area contributed by atoms with E-state index in [9.17, 15) is 4.79 Å². The standard InChI is InChI=1S/C16H16IN3O/c17-13-5-3-4-12(10-13)16(21)19-14-6-7-18-15(11-14)20-8-1-2-9-20/h3-7,10-11H,1-2,8-9H2,(H,18,19,21). The Labute approximate surface area is 137 Å². The average Bonchev–Trinajstić information content (AvgIpc) is 3.02. The van der Waals surface area contributed by atoms with Gasteiger partial charge in [0, 0.05) is 40.2 Å². The zero-order chi connectivity index (χ0) is 14.7. The van der Waals surface area contributed by atoms with Crippen molar-refractivity contribution in [3.8, 4) is 0 Å². The normalized spacial score (nSPS) is 14.2. The fourth-order valence-electron chi connectivity index (χ4n) is 2.45. The van der Waals surface area contributed by atoms with Crippen LogP contribution in [0.15, 0.2) is 42.6 Å². The number of carbonyl (C=O) groups excluding carboxylic acids is 1. The molecule has 0 atom stereocenters. The fourth-order valence-corrected chi connectivity index (χ4v) is 2.99. The van der Waals surface area contributed by atoms with Crippen LogP contribution in [-0.4, -0.2) is 24.0 Å². The van der Waals surface area contributed by atoms with Gasteiger partial charge < -0.3 is 10.2 Å². The van der Waals surface area contributed by atoms with Gasteiger partial charge in [0.15, 0.2) is 0 Å². The van der Waals surface area contributed by atoms with Gasteiger partial charge in [0.2, 0.25) is 0 Å². The number of anilines is 2. The number of benzene rings is 1. The molecule has 1 aliphatic rings. The molecule has 0 radical (unpaired) electrons. The molecule has 3 rings (SSSR count). The number of nitrogens with one attached hydrogen (secondary N) is 1. The monoisotopic (exact) mass is 393 g/mol. The Bertz CT molecular complexity index is 653. The van der Waals surface area contributed by atoms with E-state index in [0.29, 0.717) is 5.56 Å². The van der Waals surface area contributed by atoms with Crippen molar-refractivity contribution in [2.75, 3.05) is 23.3 Å². The number of nitrogens with zero attached hydrogens (tertiary/aromatic N) is 2. The third-order valence-electron chi connectivity index (χ3n) is 3.52. The number of halogens is 1. The molecule has 2 heterocycles. The highest BCUT2D eigenvalue weighted by Crippen LogP contribution is 2.21. The van der Waals surface area contributed by atoms with E-state index < -0.39 is 0 Å².